The van der Waals surface area contributed by atoms with Crippen LogP contribution in [-0.4, -0.2) is 65.4 Å². The Morgan fingerprint density at radius 2 is 1.62 bits per heavy atom. The molecule has 2 heterocycles. The van der Waals surface area contributed by atoms with Crippen molar-refractivity contribution < 1.29 is 49.8 Å². The lowest BCUT2D eigenvalue weighted by atomic mass is 10.1. The molecule has 47 heavy (non-hydrogen) atoms. The van der Waals surface area contributed by atoms with Gasteiger partial charge in [0.1, 0.15) is 45.9 Å². The van der Waals surface area contributed by atoms with E-state index in [0.717, 1.165) is 56.6 Å². The number of carbonyl (C=O) groups is 2. The first kappa shape index (κ1) is 34.3. The van der Waals surface area contributed by atoms with Crippen molar-refractivity contribution in [3.05, 3.63) is 81.6 Å². The highest BCUT2D eigenvalue weighted by atomic mass is 19.4. The molecule has 2 amide bonds. The molecule has 18 heteroatoms. The quantitative estimate of drug-likeness (QED) is 0.231. The third-order valence-corrected chi connectivity index (χ3v) is 6.64. The van der Waals surface area contributed by atoms with Crippen LogP contribution in [0.2, 0.25) is 0 Å². The molecular weight excluding hydrogens is 645 g/mol. The van der Waals surface area contributed by atoms with Gasteiger partial charge in [-0.2, -0.15) is 26.6 Å². The van der Waals surface area contributed by atoms with Crippen LogP contribution in [0.15, 0.2) is 53.3 Å². The molecule has 0 saturated heterocycles. The first-order valence-corrected chi connectivity index (χ1v) is 13.3. The van der Waals surface area contributed by atoms with Crippen molar-refractivity contribution in [2.24, 2.45) is 7.05 Å². The first-order valence-electron chi connectivity index (χ1n) is 13.3. The van der Waals surface area contributed by atoms with Gasteiger partial charge in [-0.15, -0.1) is 0 Å². The van der Waals surface area contributed by atoms with Crippen molar-refractivity contribution in [2.75, 3.05) is 38.4 Å². The van der Waals surface area contributed by atoms with Crippen molar-refractivity contribution in [1.29, 1.82) is 0 Å². The van der Waals surface area contributed by atoms with Crippen molar-refractivity contribution in [3.63, 3.8) is 0 Å². The number of methoxy groups -OCH3 is 1. The van der Waals surface area contributed by atoms with E-state index in [2.05, 4.69) is 20.4 Å². The van der Waals surface area contributed by atoms with Crippen molar-refractivity contribution >= 4 is 23.3 Å². The second-order valence-corrected chi connectivity index (χ2v) is 9.89. The summed E-state index contributed by atoms with van der Waals surface area (Å²) in [5.74, 6) is -6.07. The molecule has 0 fully saturated rings. The van der Waals surface area contributed by atoms with Crippen LogP contribution in [0.5, 0.6) is 11.5 Å². The van der Waals surface area contributed by atoms with Gasteiger partial charge in [0.15, 0.2) is 5.82 Å². The summed E-state index contributed by atoms with van der Waals surface area (Å²) < 4.78 is 109. The summed E-state index contributed by atoms with van der Waals surface area (Å²) >= 11 is 0. The number of hydrogen-bond donors (Lipinski definition) is 2. The fourth-order valence-corrected chi connectivity index (χ4v) is 4.36. The molecule has 0 saturated carbocycles. The normalized spacial score (nSPS) is 11.4. The summed E-state index contributed by atoms with van der Waals surface area (Å²) in [6, 6.07) is 7.09. The molecular formula is C29H25F7N6O5. The number of anilines is 2. The zero-order valence-corrected chi connectivity index (χ0v) is 24.9. The highest BCUT2D eigenvalue weighted by Crippen LogP contribution is 2.37. The monoisotopic (exact) mass is 670 g/mol. The standard InChI is InChI=1S/C29H25F7N6O5/c1-40(2)21(43)13-37-20-10-9-17(29(34,35)36)25(38-20)42-27(45)23(39-26(44)14-5-7-15(8-6-14)47-28(32)33)24(41(42)3)22-18(30)11-16(46-4)12-19(22)31/h5-12,28H,13H2,1-4H3,(H,37,38)(H,39,44). The van der Waals surface area contributed by atoms with E-state index in [4.69, 9.17) is 4.74 Å². The number of nitrogens with zero attached hydrogens (tertiary/aromatic N) is 4. The average molecular weight is 671 g/mol. The SMILES string of the molecule is COc1cc(F)c(-c2c(NC(=O)c3ccc(OC(F)F)cc3)c(=O)n(-c3nc(NCC(=O)N(C)C)ccc3C(F)(F)F)n2C)c(F)c1. The molecule has 0 atom stereocenters. The van der Waals surface area contributed by atoms with Crippen LogP contribution in [0.4, 0.5) is 42.2 Å². The number of nitrogens with one attached hydrogen (secondary N) is 2. The van der Waals surface area contributed by atoms with Crippen LogP contribution in [0.3, 0.4) is 0 Å². The van der Waals surface area contributed by atoms with Gasteiger partial charge in [-0.1, -0.05) is 0 Å². The highest BCUT2D eigenvalue weighted by molar-refractivity contribution is 6.06. The van der Waals surface area contributed by atoms with Gasteiger partial charge < -0.3 is 25.0 Å². The van der Waals surface area contributed by atoms with E-state index in [-0.39, 0.29) is 29.4 Å². The molecule has 0 aliphatic heterocycles. The van der Waals surface area contributed by atoms with Gasteiger partial charge in [-0.05, 0) is 36.4 Å². The topological polar surface area (TPSA) is 120 Å². The van der Waals surface area contributed by atoms with E-state index in [1.54, 1.807) is 0 Å². The summed E-state index contributed by atoms with van der Waals surface area (Å²) in [7, 11) is 5.02. The molecule has 0 radical (unpaired) electrons. The number of halogens is 7. The number of amides is 2. The summed E-state index contributed by atoms with van der Waals surface area (Å²) in [5, 5.41) is 4.72. The van der Waals surface area contributed by atoms with Crippen LogP contribution in [0.25, 0.3) is 17.1 Å². The Hall–Kier alpha value is -5.55. The molecule has 4 rings (SSSR count). The zero-order valence-electron chi connectivity index (χ0n) is 24.9. The molecule has 2 N–H and O–H groups in total. The number of rotatable bonds is 10. The first-order chi connectivity index (χ1) is 22.0. The third kappa shape index (κ3) is 7.31. The summed E-state index contributed by atoms with van der Waals surface area (Å²) in [4.78, 5) is 44.2. The van der Waals surface area contributed by atoms with E-state index in [0.29, 0.717) is 15.4 Å². The number of hydrogen-bond acceptors (Lipinski definition) is 7. The number of benzene rings is 2. The van der Waals surface area contributed by atoms with Crippen LogP contribution in [-0.2, 0) is 18.0 Å². The number of ether oxygens (including phenoxy) is 2. The predicted molar refractivity (Wildman–Crippen MR) is 154 cm³/mol. The fraction of sp³-hybridized carbons (Fsp3) is 0.241. The van der Waals surface area contributed by atoms with E-state index in [1.807, 2.05) is 0 Å². The van der Waals surface area contributed by atoms with Gasteiger partial charge in [0.25, 0.3) is 11.5 Å². The lowest BCUT2D eigenvalue weighted by Crippen LogP contribution is -2.29. The van der Waals surface area contributed by atoms with Crippen LogP contribution in [0, 0.1) is 11.6 Å². The summed E-state index contributed by atoms with van der Waals surface area (Å²) in [6.45, 7) is -3.55. The lowest BCUT2D eigenvalue weighted by Gasteiger charge is -2.17. The molecule has 2 aromatic heterocycles. The molecule has 0 aliphatic carbocycles. The Labute approximate surface area is 261 Å². The molecule has 2 aromatic carbocycles. The summed E-state index contributed by atoms with van der Waals surface area (Å²) in [5.41, 5.74) is -5.55. The predicted octanol–water partition coefficient (Wildman–Crippen LogP) is 4.90. The van der Waals surface area contributed by atoms with Crippen LogP contribution in [0.1, 0.15) is 15.9 Å². The van der Waals surface area contributed by atoms with Gasteiger partial charge in [0.05, 0.1) is 19.2 Å². The smallest absolute Gasteiger partial charge is 0.420 e. The van der Waals surface area contributed by atoms with Gasteiger partial charge >= 0.3 is 12.8 Å². The Balaban J connectivity index is 1.95. The Morgan fingerprint density at radius 3 is 2.15 bits per heavy atom. The number of likely N-dealkylation sites (N-methyl/N-ethyl adjacent to an activating group) is 1. The Morgan fingerprint density at radius 1 is 1.00 bits per heavy atom. The number of alkyl halides is 5. The van der Waals surface area contributed by atoms with Crippen LogP contribution < -0.4 is 25.7 Å². The Kier molecular flexibility index (Phi) is 9.81. The van der Waals surface area contributed by atoms with Gasteiger partial charge in [0, 0.05) is 38.8 Å². The minimum atomic E-state index is -5.10. The minimum Gasteiger partial charge on any atom is -0.497 e. The van der Waals surface area contributed by atoms with Gasteiger partial charge in [-0.25, -0.2) is 13.8 Å². The summed E-state index contributed by atoms with van der Waals surface area (Å²) in [6.07, 6.45) is -5.10. The van der Waals surface area contributed by atoms with Crippen LogP contribution >= 0.6 is 0 Å². The highest BCUT2D eigenvalue weighted by Gasteiger charge is 2.38. The van der Waals surface area contributed by atoms with E-state index < -0.39 is 70.1 Å². The fourth-order valence-electron chi connectivity index (χ4n) is 4.36. The third-order valence-electron chi connectivity index (χ3n) is 6.64. The van der Waals surface area contributed by atoms with E-state index in [1.165, 1.54) is 19.0 Å². The van der Waals surface area contributed by atoms with Gasteiger partial charge in [0.2, 0.25) is 5.91 Å². The molecule has 250 valence electrons. The second kappa shape index (κ2) is 13.4. The molecule has 0 aliphatic rings. The average Bonchev–Trinajstić information content (AvgIpc) is 3.22. The molecule has 0 unspecified atom stereocenters. The lowest BCUT2D eigenvalue weighted by molar-refractivity contribution is -0.137. The number of carbonyl (C=O) groups excluding carboxylic acids is 2. The van der Waals surface area contributed by atoms with Crippen molar-refractivity contribution in [1.82, 2.24) is 19.2 Å². The van der Waals surface area contributed by atoms with E-state index in [9.17, 15) is 36.3 Å². The minimum absolute atomic E-state index is 0.242. The largest absolute Gasteiger partial charge is 0.497 e. The number of pyridine rings is 1. The molecule has 0 bridgehead atoms. The maximum Gasteiger partial charge on any atom is 0.420 e. The van der Waals surface area contributed by atoms with Gasteiger partial charge in [-0.3, -0.25) is 19.1 Å². The Bertz CT molecular complexity index is 1850. The number of aromatic nitrogens is 3. The molecule has 0 spiro atoms. The maximum absolute atomic E-state index is 15.4. The van der Waals surface area contributed by atoms with Crippen molar-refractivity contribution in [2.45, 2.75) is 12.8 Å². The molecule has 4 aromatic rings. The van der Waals surface area contributed by atoms with E-state index >= 15 is 8.78 Å². The second-order valence-electron chi connectivity index (χ2n) is 9.89. The van der Waals surface area contributed by atoms with Crippen molar-refractivity contribution in [3.8, 4) is 28.6 Å². The maximum atomic E-state index is 15.4. The molecule has 11 nitrogen and oxygen atoms in total. The zero-order chi connectivity index (χ0) is 34.8.